The first-order valence-electron chi connectivity index (χ1n) is 10.1. The van der Waals surface area contributed by atoms with Crippen LogP contribution in [-0.4, -0.2) is 9.82 Å². The van der Waals surface area contributed by atoms with Gasteiger partial charge in [-0.25, -0.2) is 9.13 Å². The number of rotatable bonds is 5. The first kappa shape index (κ1) is 20.7. The molecule has 0 aliphatic rings. The van der Waals surface area contributed by atoms with Gasteiger partial charge in [0.15, 0.2) is 5.69 Å². The predicted molar refractivity (Wildman–Crippen MR) is 122 cm³/mol. The molecule has 0 aliphatic heterocycles. The van der Waals surface area contributed by atoms with Crippen LogP contribution in [0, 0.1) is 12.3 Å². The monoisotopic (exact) mass is 393 g/mol. The van der Waals surface area contributed by atoms with E-state index in [4.69, 9.17) is 0 Å². The molecule has 0 fully saturated rings. The van der Waals surface area contributed by atoms with E-state index in [9.17, 15) is 0 Å². The second-order valence-corrected chi connectivity index (χ2v) is 10.8. The topological polar surface area (TPSA) is 8.81 Å². The number of hydrogen-bond acceptors (Lipinski definition) is 1. The first-order valence-corrected chi connectivity index (χ1v) is 11.0. The highest BCUT2D eigenvalue weighted by molar-refractivity contribution is 7.99. The first-order chi connectivity index (χ1) is 13.2. The number of aryl methyl sites for hydroxylation is 2. The lowest BCUT2D eigenvalue weighted by atomic mass is 9.96. The number of nitrogens with zero attached hydrogens (tertiary/aromatic N) is 2. The molecule has 0 amide bonds. The summed E-state index contributed by atoms with van der Waals surface area (Å²) < 4.78 is 4.77. The minimum atomic E-state index is 0.186. The molecule has 148 valence electrons. The van der Waals surface area contributed by atoms with E-state index in [0.717, 1.165) is 6.54 Å². The molecular formula is C25H33N2S+. The second kappa shape index (κ2) is 8.16. The van der Waals surface area contributed by atoms with Crippen molar-refractivity contribution in [3.05, 3.63) is 60.3 Å². The van der Waals surface area contributed by atoms with Gasteiger partial charge in [-0.15, -0.1) is 11.8 Å². The highest BCUT2D eigenvalue weighted by atomic mass is 32.2. The van der Waals surface area contributed by atoms with Gasteiger partial charge in [-0.3, -0.25) is 0 Å². The fraction of sp³-hybridized carbons (Fsp3) is 0.400. The zero-order valence-corrected chi connectivity index (χ0v) is 19.1. The minimum absolute atomic E-state index is 0.186. The molecule has 0 saturated carbocycles. The lowest BCUT2D eigenvalue weighted by Gasteiger charge is -2.18. The van der Waals surface area contributed by atoms with Crippen molar-refractivity contribution in [1.29, 1.82) is 0 Å². The molecule has 0 aliphatic carbocycles. The summed E-state index contributed by atoms with van der Waals surface area (Å²) in [5, 5.41) is 0.598. The second-order valence-electron chi connectivity index (χ2n) is 9.10. The Kier molecular flexibility index (Phi) is 6.04. The van der Waals surface area contributed by atoms with Gasteiger partial charge in [0.25, 0.3) is 5.82 Å². The Morgan fingerprint density at radius 1 is 1.00 bits per heavy atom. The standard InChI is InChI=1S/C25H33N2S/c1-18(2)28-21-14-12-20(13-15-21)23-16-26(7)24(27(23)17-25(4,5)6)22-11-9-8-10-19(22)3/h8-16,18H,17H2,1-7H3/q+1. The van der Waals surface area contributed by atoms with Gasteiger partial charge in [0, 0.05) is 15.7 Å². The van der Waals surface area contributed by atoms with Gasteiger partial charge in [0.05, 0.1) is 19.2 Å². The summed E-state index contributed by atoms with van der Waals surface area (Å²) >= 11 is 1.91. The number of thioether (sulfide) groups is 1. The largest absolute Gasteiger partial charge is 0.289 e. The van der Waals surface area contributed by atoms with Gasteiger partial charge in [0.2, 0.25) is 0 Å². The van der Waals surface area contributed by atoms with E-state index < -0.39 is 0 Å². The molecule has 0 atom stereocenters. The van der Waals surface area contributed by atoms with E-state index in [1.54, 1.807) is 0 Å². The molecule has 0 radical (unpaired) electrons. The van der Waals surface area contributed by atoms with E-state index in [1.807, 2.05) is 11.8 Å². The molecular weight excluding hydrogens is 360 g/mol. The van der Waals surface area contributed by atoms with Gasteiger partial charge in [-0.2, -0.15) is 0 Å². The molecule has 0 saturated heterocycles. The van der Waals surface area contributed by atoms with Crippen LogP contribution in [0.15, 0.2) is 59.6 Å². The highest BCUT2D eigenvalue weighted by Gasteiger charge is 2.28. The fourth-order valence-corrected chi connectivity index (χ4v) is 4.46. The molecule has 0 bridgehead atoms. The van der Waals surface area contributed by atoms with Crippen molar-refractivity contribution in [1.82, 2.24) is 4.57 Å². The number of benzene rings is 2. The van der Waals surface area contributed by atoms with Crippen molar-refractivity contribution < 1.29 is 4.57 Å². The molecule has 3 rings (SSSR count). The maximum atomic E-state index is 2.49. The molecule has 1 heterocycles. The number of imidazole rings is 1. The minimum Gasteiger partial charge on any atom is -0.232 e. The predicted octanol–water partition coefficient (Wildman–Crippen LogP) is 6.50. The lowest BCUT2D eigenvalue weighted by Crippen LogP contribution is -2.30. The van der Waals surface area contributed by atoms with Crippen LogP contribution in [-0.2, 0) is 13.6 Å². The number of aromatic nitrogens is 2. The van der Waals surface area contributed by atoms with E-state index in [2.05, 4.69) is 112 Å². The zero-order valence-electron chi connectivity index (χ0n) is 18.3. The normalized spacial score (nSPS) is 12.0. The molecule has 0 N–H and O–H groups in total. The molecule has 0 unspecified atom stereocenters. The maximum absolute atomic E-state index is 2.49. The number of hydrogen-bond donors (Lipinski definition) is 0. The van der Waals surface area contributed by atoms with Crippen LogP contribution in [0.5, 0.6) is 0 Å². The quantitative estimate of drug-likeness (QED) is 0.355. The fourth-order valence-electron chi connectivity index (χ4n) is 3.62. The molecule has 3 aromatic rings. The molecule has 2 nitrogen and oxygen atoms in total. The Labute approximate surface area is 174 Å². The van der Waals surface area contributed by atoms with Crippen molar-refractivity contribution in [2.45, 2.75) is 58.2 Å². The third-order valence-electron chi connectivity index (χ3n) is 4.74. The summed E-state index contributed by atoms with van der Waals surface area (Å²) in [5.41, 5.74) is 5.34. The van der Waals surface area contributed by atoms with Gasteiger partial charge in [0.1, 0.15) is 6.20 Å². The van der Waals surface area contributed by atoms with Crippen molar-refractivity contribution in [2.75, 3.05) is 0 Å². The SMILES string of the molecule is Cc1ccccc1-c1n(CC(C)(C)C)c(-c2ccc(SC(C)C)cc2)c[n+]1C. The molecule has 3 heteroatoms. The third kappa shape index (κ3) is 4.70. The summed E-state index contributed by atoms with van der Waals surface area (Å²) in [5.74, 6) is 1.27. The highest BCUT2D eigenvalue weighted by Crippen LogP contribution is 2.32. The molecule has 28 heavy (non-hydrogen) atoms. The molecule has 0 spiro atoms. The summed E-state index contributed by atoms with van der Waals surface area (Å²) in [6.45, 7) is 14.6. The maximum Gasteiger partial charge on any atom is 0.289 e. The summed E-state index contributed by atoms with van der Waals surface area (Å²) in [6.07, 6.45) is 2.28. The van der Waals surface area contributed by atoms with Crippen molar-refractivity contribution in [3.63, 3.8) is 0 Å². The van der Waals surface area contributed by atoms with Crippen molar-refractivity contribution in [2.24, 2.45) is 12.5 Å². The van der Waals surface area contributed by atoms with Gasteiger partial charge >= 0.3 is 0 Å². The zero-order chi connectivity index (χ0) is 20.5. The Bertz CT molecular complexity index is 944. The van der Waals surface area contributed by atoms with E-state index >= 15 is 0 Å². The van der Waals surface area contributed by atoms with E-state index in [0.29, 0.717) is 5.25 Å². The van der Waals surface area contributed by atoms with Crippen LogP contribution in [0.25, 0.3) is 22.6 Å². The van der Waals surface area contributed by atoms with Gasteiger partial charge < -0.3 is 0 Å². The van der Waals surface area contributed by atoms with Gasteiger partial charge in [-0.1, -0.05) is 52.8 Å². The van der Waals surface area contributed by atoms with Crippen LogP contribution in [0.3, 0.4) is 0 Å². The Morgan fingerprint density at radius 2 is 1.64 bits per heavy atom. The third-order valence-corrected chi connectivity index (χ3v) is 5.75. The van der Waals surface area contributed by atoms with Crippen LogP contribution >= 0.6 is 11.8 Å². The smallest absolute Gasteiger partial charge is 0.232 e. The lowest BCUT2D eigenvalue weighted by molar-refractivity contribution is -0.659. The van der Waals surface area contributed by atoms with Crippen molar-refractivity contribution >= 4 is 11.8 Å². The van der Waals surface area contributed by atoms with Crippen LogP contribution in [0.4, 0.5) is 0 Å². The Morgan fingerprint density at radius 3 is 2.21 bits per heavy atom. The summed E-state index contributed by atoms with van der Waals surface area (Å²) in [4.78, 5) is 1.33. The van der Waals surface area contributed by atoms with Crippen molar-refractivity contribution in [3.8, 4) is 22.6 Å². The van der Waals surface area contributed by atoms with Crippen LogP contribution < -0.4 is 4.57 Å². The van der Waals surface area contributed by atoms with Crippen LogP contribution in [0.1, 0.15) is 40.2 Å². The Balaban J connectivity index is 2.14. The van der Waals surface area contributed by atoms with Crippen LogP contribution in [0.2, 0.25) is 0 Å². The molecule has 2 aromatic carbocycles. The average Bonchev–Trinajstić information content (AvgIpc) is 2.90. The van der Waals surface area contributed by atoms with E-state index in [-0.39, 0.29) is 5.41 Å². The average molecular weight is 394 g/mol. The molecule has 1 aromatic heterocycles. The summed E-state index contributed by atoms with van der Waals surface area (Å²) in [7, 11) is 2.16. The van der Waals surface area contributed by atoms with Gasteiger partial charge in [-0.05, 0) is 48.2 Å². The van der Waals surface area contributed by atoms with E-state index in [1.165, 1.54) is 33.1 Å². The summed E-state index contributed by atoms with van der Waals surface area (Å²) in [6, 6.07) is 17.7. The Hall–Kier alpha value is -2.00.